The van der Waals surface area contributed by atoms with Crippen LogP contribution < -0.4 is 14.8 Å². The minimum absolute atomic E-state index is 0.0927. The van der Waals surface area contributed by atoms with Crippen molar-refractivity contribution in [2.24, 2.45) is 0 Å². The highest BCUT2D eigenvalue weighted by molar-refractivity contribution is 5.94. The summed E-state index contributed by atoms with van der Waals surface area (Å²) < 4.78 is 10.5. The van der Waals surface area contributed by atoms with Crippen LogP contribution in [0.15, 0.2) is 48.5 Å². The topological polar surface area (TPSA) is 47.6 Å². The number of benzene rings is 2. The first-order valence-electron chi connectivity index (χ1n) is 7.37. The van der Waals surface area contributed by atoms with Crippen LogP contribution in [-0.2, 0) is 6.42 Å². The van der Waals surface area contributed by atoms with E-state index in [9.17, 15) is 4.79 Å². The molecule has 4 nitrogen and oxygen atoms in total. The van der Waals surface area contributed by atoms with Crippen LogP contribution in [0, 0.1) is 0 Å². The van der Waals surface area contributed by atoms with Gasteiger partial charge in [0.15, 0.2) is 0 Å². The molecule has 1 N–H and O–H groups in total. The summed E-state index contributed by atoms with van der Waals surface area (Å²) in [6, 6.07) is 15.1. The number of hydrogen-bond donors (Lipinski definition) is 1. The second-order valence-electron chi connectivity index (χ2n) is 4.81. The molecular weight excluding hydrogens is 278 g/mol. The van der Waals surface area contributed by atoms with Crippen molar-refractivity contribution in [1.82, 2.24) is 5.32 Å². The van der Waals surface area contributed by atoms with Crippen LogP contribution in [0.1, 0.15) is 22.8 Å². The number of ether oxygens (including phenoxy) is 2. The molecule has 2 rings (SSSR count). The van der Waals surface area contributed by atoms with Crippen molar-refractivity contribution < 1.29 is 14.3 Å². The van der Waals surface area contributed by atoms with Crippen molar-refractivity contribution in [3.63, 3.8) is 0 Å². The largest absolute Gasteiger partial charge is 0.497 e. The van der Waals surface area contributed by atoms with Gasteiger partial charge in [-0.15, -0.1) is 0 Å². The van der Waals surface area contributed by atoms with Crippen LogP contribution in [0.5, 0.6) is 11.5 Å². The van der Waals surface area contributed by atoms with E-state index in [1.807, 2.05) is 37.3 Å². The maximum absolute atomic E-state index is 12.1. The molecule has 0 atom stereocenters. The summed E-state index contributed by atoms with van der Waals surface area (Å²) >= 11 is 0. The quantitative estimate of drug-likeness (QED) is 0.854. The number of carbonyl (C=O) groups excluding carboxylic acids is 1. The summed E-state index contributed by atoms with van der Waals surface area (Å²) in [4.78, 5) is 12.1. The molecule has 0 saturated heterocycles. The van der Waals surface area contributed by atoms with Gasteiger partial charge in [-0.3, -0.25) is 4.79 Å². The van der Waals surface area contributed by atoms with Gasteiger partial charge in [0.2, 0.25) is 0 Å². The number of methoxy groups -OCH3 is 1. The zero-order valence-corrected chi connectivity index (χ0v) is 13.0. The lowest BCUT2D eigenvalue weighted by atomic mass is 10.1. The molecule has 0 aliphatic heterocycles. The molecule has 2 aromatic carbocycles. The Balaban J connectivity index is 1.83. The third kappa shape index (κ3) is 4.52. The molecule has 0 saturated carbocycles. The van der Waals surface area contributed by atoms with E-state index in [0.29, 0.717) is 24.5 Å². The fourth-order valence-electron chi connectivity index (χ4n) is 2.11. The Bertz CT molecular complexity index is 608. The van der Waals surface area contributed by atoms with E-state index in [-0.39, 0.29) is 5.91 Å². The third-order valence-electron chi connectivity index (χ3n) is 3.27. The zero-order valence-electron chi connectivity index (χ0n) is 13.0. The van der Waals surface area contributed by atoms with E-state index >= 15 is 0 Å². The van der Waals surface area contributed by atoms with Crippen molar-refractivity contribution in [3.05, 3.63) is 59.7 Å². The molecule has 0 bridgehead atoms. The molecule has 0 aliphatic rings. The number of rotatable bonds is 7. The summed E-state index contributed by atoms with van der Waals surface area (Å²) in [7, 11) is 1.59. The zero-order chi connectivity index (χ0) is 15.8. The predicted octanol–water partition coefficient (Wildman–Crippen LogP) is 3.07. The molecule has 0 radical (unpaired) electrons. The number of amides is 1. The summed E-state index contributed by atoms with van der Waals surface area (Å²) in [5.41, 5.74) is 1.76. The van der Waals surface area contributed by atoms with Gasteiger partial charge in [-0.2, -0.15) is 0 Å². The van der Waals surface area contributed by atoms with Gasteiger partial charge >= 0.3 is 0 Å². The Labute approximate surface area is 131 Å². The van der Waals surface area contributed by atoms with E-state index < -0.39 is 0 Å². The first kappa shape index (κ1) is 15.9. The second kappa shape index (κ2) is 8.08. The highest BCUT2D eigenvalue weighted by Gasteiger charge is 2.06. The Morgan fingerprint density at radius 2 is 1.86 bits per heavy atom. The highest BCUT2D eigenvalue weighted by atomic mass is 16.5. The van der Waals surface area contributed by atoms with Gasteiger partial charge in [-0.05, 0) is 49.2 Å². The van der Waals surface area contributed by atoms with Gasteiger partial charge in [0.05, 0.1) is 13.7 Å². The first-order chi connectivity index (χ1) is 10.7. The van der Waals surface area contributed by atoms with Crippen LogP contribution >= 0.6 is 0 Å². The summed E-state index contributed by atoms with van der Waals surface area (Å²) in [6.07, 6.45) is 0.780. The lowest BCUT2D eigenvalue weighted by molar-refractivity contribution is 0.0954. The summed E-state index contributed by atoms with van der Waals surface area (Å²) in [5.74, 6) is 1.45. The van der Waals surface area contributed by atoms with Crippen molar-refractivity contribution in [2.45, 2.75) is 13.3 Å². The monoisotopic (exact) mass is 299 g/mol. The molecule has 22 heavy (non-hydrogen) atoms. The van der Waals surface area contributed by atoms with Crippen molar-refractivity contribution in [1.29, 1.82) is 0 Å². The molecule has 0 unspecified atom stereocenters. The van der Waals surface area contributed by atoms with Crippen LogP contribution in [0.3, 0.4) is 0 Å². The standard InChI is InChI=1S/C18H21NO3/c1-3-22-16-9-7-14(8-10-16)11-12-19-18(20)15-5-4-6-17(13-15)21-2/h4-10,13H,3,11-12H2,1-2H3,(H,19,20). The van der Waals surface area contributed by atoms with E-state index in [1.165, 1.54) is 0 Å². The summed E-state index contributed by atoms with van der Waals surface area (Å²) in [6.45, 7) is 3.21. The van der Waals surface area contributed by atoms with Crippen LogP contribution in [0.25, 0.3) is 0 Å². The normalized spacial score (nSPS) is 10.1. The van der Waals surface area contributed by atoms with Gasteiger partial charge in [-0.25, -0.2) is 0 Å². The highest BCUT2D eigenvalue weighted by Crippen LogP contribution is 2.13. The lowest BCUT2D eigenvalue weighted by Crippen LogP contribution is -2.25. The van der Waals surface area contributed by atoms with Crippen LogP contribution in [0.4, 0.5) is 0 Å². The fraction of sp³-hybridized carbons (Fsp3) is 0.278. The van der Waals surface area contributed by atoms with E-state index in [2.05, 4.69) is 5.32 Å². The smallest absolute Gasteiger partial charge is 0.251 e. The average molecular weight is 299 g/mol. The Morgan fingerprint density at radius 1 is 1.09 bits per heavy atom. The number of hydrogen-bond acceptors (Lipinski definition) is 3. The third-order valence-corrected chi connectivity index (χ3v) is 3.27. The molecule has 116 valence electrons. The van der Waals surface area contributed by atoms with Gasteiger partial charge in [0, 0.05) is 12.1 Å². The molecular formula is C18H21NO3. The molecule has 1 amide bonds. The molecule has 0 heterocycles. The molecule has 0 spiro atoms. The minimum Gasteiger partial charge on any atom is -0.497 e. The van der Waals surface area contributed by atoms with Crippen molar-refractivity contribution in [2.75, 3.05) is 20.3 Å². The Kier molecular flexibility index (Phi) is 5.83. The maximum Gasteiger partial charge on any atom is 0.251 e. The second-order valence-corrected chi connectivity index (χ2v) is 4.81. The van der Waals surface area contributed by atoms with Crippen LogP contribution in [-0.4, -0.2) is 26.2 Å². The molecule has 0 aliphatic carbocycles. The SMILES string of the molecule is CCOc1ccc(CCNC(=O)c2cccc(OC)c2)cc1. The summed E-state index contributed by atoms with van der Waals surface area (Å²) in [5, 5.41) is 2.91. The van der Waals surface area contributed by atoms with Gasteiger partial charge in [0.1, 0.15) is 11.5 Å². The van der Waals surface area contributed by atoms with Crippen LogP contribution in [0.2, 0.25) is 0 Å². The number of nitrogens with one attached hydrogen (secondary N) is 1. The average Bonchev–Trinajstić information content (AvgIpc) is 2.56. The van der Waals surface area contributed by atoms with Crippen molar-refractivity contribution >= 4 is 5.91 Å². The molecule has 0 aromatic heterocycles. The maximum atomic E-state index is 12.1. The van der Waals surface area contributed by atoms with E-state index in [4.69, 9.17) is 9.47 Å². The van der Waals surface area contributed by atoms with Gasteiger partial charge in [-0.1, -0.05) is 18.2 Å². The lowest BCUT2D eigenvalue weighted by Gasteiger charge is -2.08. The molecule has 2 aromatic rings. The van der Waals surface area contributed by atoms with E-state index in [0.717, 1.165) is 17.7 Å². The molecule has 0 fully saturated rings. The van der Waals surface area contributed by atoms with Crippen molar-refractivity contribution in [3.8, 4) is 11.5 Å². The number of carbonyl (C=O) groups is 1. The van der Waals surface area contributed by atoms with E-state index in [1.54, 1.807) is 25.3 Å². The first-order valence-corrected chi connectivity index (χ1v) is 7.37. The van der Waals surface area contributed by atoms with Gasteiger partial charge in [0.25, 0.3) is 5.91 Å². The molecule has 4 heteroatoms. The Hall–Kier alpha value is -2.49. The van der Waals surface area contributed by atoms with Gasteiger partial charge < -0.3 is 14.8 Å². The predicted molar refractivity (Wildman–Crippen MR) is 86.6 cm³/mol. The minimum atomic E-state index is -0.0927. The Morgan fingerprint density at radius 3 is 2.55 bits per heavy atom. The fourth-order valence-corrected chi connectivity index (χ4v) is 2.11.